The van der Waals surface area contributed by atoms with E-state index < -0.39 is 29.2 Å². The van der Waals surface area contributed by atoms with Gasteiger partial charge in [-0.25, -0.2) is 4.79 Å². The maximum absolute atomic E-state index is 11.7. The molecule has 2 N–H and O–H groups in total. The van der Waals surface area contributed by atoms with Crippen LogP contribution in [0, 0.1) is 0 Å². The van der Waals surface area contributed by atoms with E-state index in [2.05, 4.69) is 27.6 Å². The number of H-pyrrole nitrogens is 1. The van der Waals surface area contributed by atoms with Crippen molar-refractivity contribution in [3.05, 3.63) is 33.1 Å². The molecule has 1 saturated heterocycles. The van der Waals surface area contributed by atoms with Crippen LogP contribution in [0.25, 0.3) is 0 Å². The molecule has 1 aromatic heterocycles. The van der Waals surface area contributed by atoms with Crippen molar-refractivity contribution in [2.75, 3.05) is 7.11 Å². The first-order chi connectivity index (χ1) is 8.50. The molecule has 2 heterocycles. The summed E-state index contributed by atoms with van der Waals surface area (Å²) < 4.78 is 12.1. The summed E-state index contributed by atoms with van der Waals surface area (Å²) in [7, 11) is 1.46. The van der Waals surface area contributed by atoms with Crippen LogP contribution in [0.4, 0.5) is 0 Å². The van der Waals surface area contributed by atoms with Crippen molar-refractivity contribution >= 4 is 22.6 Å². The zero-order valence-electron chi connectivity index (χ0n) is 9.37. The molecular weight excluding hydrogens is 355 g/mol. The van der Waals surface area contributed by atoms with Gasteiger partial charge in [0.1, 0.15) is 17.8 Å². The first-order valence-corrected chi connectivity index (χ1v) is 6.61. The summed E-state index contributed by atoms with van der Waals surface area (Å²) in [6.45, 7) is 0. The fourth-order valence-corrected chi connectivity index (χ4v) is 3.66. The minimum atomic E-state index is -1.06. The molecule has 1 saturated carbocycles. The fraction of sp³-hybridized carbons (Fsp3) is 0.600. The molecule has 7 nitrogen and oxygen atoms in total. The van der Waals surface area contributed by atoms with Crippen molar-refractivity contribution in [1.82, 2.24) is 9.55 Å². The van der Waals surface area contributed by atoms with Gasteiger partial charge in [0.15, 0.2) is 6.23 Å². The van der Waals surface area contributed by atoms with Crippen LogP contribution in [-0.4, -0.2) is 43.5 Å². The van der Waals surface area contributed by atoms with Gasteiger partial charge in [0.25, 0.3) is 5.56 Å². The Balaban J connectivity index is 1.99. The lowest BCUT2D eigenvalue weighted by atomic mass is 10.1. The highest BCUT2D eigenvalue weighted by atomic mass is 127. The van der Waals surface area contributed by atoms with Crippen LogP contribution >= 0.6 is 22.6 Å². The van der Waals surface area contributed by atoms with Gasteiger partial charge < -0.3 is 14.6 Å². The summed E-state index contributed by atoms with van der Waals surface area (Å²) in [5.74, 6) is 0. The zero-order valence-corrected chi connectivity index (χ0v) is 11.5. The second kappa shape index (κ2) is 3.89. The molecule has 8 heteroatoms. The molecule has 0 aromatic carbocycles. The summed E-state index contributed by atoms with van der Waals surface area (Å²) in [6, 6.07) is 1.23. The summed E-state index contributed by atoms with van der Waals surface area (Å²) in [5.41, 5.74) is -2.11. The minimum absolute atomic E-state index is 0.0465. The van der Waals surface area contributed by atoms with Gasteiger partial charge in [-0.3, -0.25) is 14.3 Å². The number of nitrogens with zero attached hydrogens (tertiary/aromatic N) is 1. The number of aliphatic hydroxyl groups is 1. The monoisotopic (exact) mass is 366 g/mol. The predicted octanol–water partition coefficient (Wildman–Crippen LogP) is -1.00. The molecule has 2 aliphatic rings. The standard InChI is InChI=1S/C10H11IN2O5/c1-17-7-8(18-6-5(11)10(6,7)16)13-3-2-4(14)12-9(13)15/h2-3,5-8,16H,1H3,(H,12,14,15)/t5?,6-,7+,8-,10-/m1/s1. The second-order valence-electron chi connectivity index (χ2n) is 4.41. The normalized spacial score (nSPS) is 41.7. The quantitative estimate of drug-likeness (QED) is 0.517. The predicted molar refractivity (Wildman–Crippen MR) is 68.8 cm³/mol. The van der Waals surface area contributed by atoms with Crippen molar-refractivity contribution in [2.24, 2.45) is 0 Å². The Morgan fingerprint density at radius 1 is 1.61 bits per heavy atom. The molecule has 18 heavy (non-hydrogen) atoms. The van der Waals surface area contributed by atoms with Crippen molar-refractivity contribution < 1.29 is 14.6 Å². The molecule has 0 bridgehead atoms. The Kier molecular flexibility index (Phi) is 2.66. The number of methoxy groups -OCH3 is 1. The van der Waals surface area contributed by atoms with Gasteiger partial charge >= 0.3 is 5.69 Å². The number of fused-ring (bicyclic) bond motifs is 1. The van der Waals surface area contributed by atoms with E-state index in [1.807, 2.05) is 0 Å². The van der Waals surface area contributed by atoms with Gasteiger partial charge in [-0.1, -0.05) is 22.6 Å². The van der Waals surface area contributed by atoms with Crippen LogP contribution < -0.4 is 11.2 Å². The van der Waals surface area contributed by atoms with Gasteiger partial charge in [0.2, 0.25) is 0 Å². The molecule has 1 aromatic rings. The molecule has 3 rings (SSSR count). The van der Waals surface area contributed by atoms with Gasteiger partial charge in [0.05, 0.1) is 3.92 Å². The Hall–Kier alpha value is -0.710. The number of halogens is 1. The largest absolute Gasteiger partial charge is 0.383 e. The maximum atomic E-state index is 11.7. The number of nitrogens with one attached hydrogen (secondary N) is 1. The first kappa shape index (κ1) is 12.3. The Morgan fingerprint density at radius 2 is 2.33 bits per heavy atom. The topological polar surface area (TPSA) is 93.6 Å². The van der Waals surface area contributed by atoms with E-state index in [0.29, 0.717) is 0 Å². The Bertz CT molecular complexity index is 598. The van der Waals surface area contributed by atoms with Crippen molar-refractivity contribution in [2.45, 2.75) is 28.0 Å². The summed E-state index contributed by atoms with van der Waals surface area (Å²) in [4.78, 5) is 24.8. The molecule has 1 unspecified atom stereocenters. The third kappa shape index (κ3) is 1.46. The lowest BCUT2D eigenvalue weighted by molar-refractivity contribution is -0.0830. The van der Waals surface area contributed by atoms with E-state index in [9.17, 15) is 14.7 Å². The molecule has 0 amide bonds. The van der Waals surface area contributed by atoms with E-state index in [1.165, 1.54) is 23.9 Å². The highest BCUT2D eigenvalue weighted by Gasteiger charge is 2.76. The second-order valence-corrected chi connectivity index (χ2v) is 5.75. The molecule has 2 fully saturated rings. The number of rotatable bonds is 2. The van der Waals surface area contributed by atoms with Crippen LogP contribution in [0.1, 0.15) is 6.23 Å². The number of aromatic amines is 1. The Morgan fingerprint density at radius 3 is 2.94 bits per heavy atom. The molecule has 1 aliphatic carbocycles. The van der Waals surface area contributed by atoms with E-state index in [1.54, 1.807) is 0 Å². The van der Waals surface area contributed by atoms with Gasteiger partial charge in [-0.05, 0) is 0 Å². The average Bonchev–Trinajstić information content (AvgIpc) is 2.69. The van der Waals surface area contributed by atoms with E-state index in [-0.39, 0.29) is 10.0 Å². The van der Waals surface area contributed by atoms with E-state index in [4.69, 9.17) is 9.47 Å². The van der Waals surface area contributed by atoms with Crippen LogP contribution in [0.2, 0.25) is 0 Å². The smallest absolute Gasteiger partial charge is 0.330 e. The van der Waals surface area contributed by atoms with Gasteiger partial charge in [-0.15, -0.1) is 0 Å². The number of ether oxygens (including phenoxy) is 2. The molecule has 1 aliphatic heterocycles. The first-order valence-electron chi connectivity index (χ1n) is 5.36. The SMILES string of the molecule is CO[C@H]1[C@H](n2ccc(=O)[nH]c2=O)O[C@@H]2C(I)[C@@]21O. The van der Waals surface area contributed by atoms with Crippen LogP contribution in [0.5, 0.6) is 0 Å². The summed E-state index contributed by atoms with van der Waals surface area (Å²) in [6.07, 6.45) is -0.353. The fourth-order valence-electron chi connectivity index (χ4n) is 2.41. The minimum Gasteiger partial charge on any atom is -0.383 e. The Labute approximate surface area is 115 Å². The number of hydrogen-bond donors (Lipinski definition) is 2. The maximum Gasteiger partial charge on any atom is 0.330 e. The lowest BCUT2D eigenvalue weighted by Gasteiger charge is -2.25. The lowest BCUT2D eigenvalue weighted by Crippen LogP contribution is -2.42. The number of aromatic nitrogens is 2. The molecule has 0 spiro atoms. The summed E-state index contributed by atoms with van der Waals surface area (Å²) >= 11 is 2.09. The van der Waals surface area contributed by atoms with Crippen LogP contribution in [-0.2, 0) is 9.47 Å². The number of hydrogen-bond acceptors (Lipinski definition) is 5. The summed E-state index contributed by atoms with van der Waals surface area (Å²) in [5, 5.41) is 10.3. The molecular formula is C10H11IN2O5. The third-order valence-corrected chi connectivity index (χ3v) is 5.09. The van der Waals surface area contributed by atoms with Gasteiger partial charge in [-0.2, -0.15) is 0 Å². The average molecular weight is 366 g/mol. The van der Waals surface area contributed by atoms with Crippen LogP contribution in [0.3, 0.4) is 0 Å². The van der Waals surface area contributed by atoms with Gasteiger partial charge in [0, 0.05) is 19.4 Å². The van der Waals surface area contributed by atoms with E-state index in [0.717, 1.165) is 0 Å². The van der Waals surface area contributed by atoms with Crippen molar-refractivity contribution in [3.8, 4) is 0 Å². The highest BCUT2D eigenvalue weighted by molar-refractivity contribution is 14.1. The number of alkyl halides is 1. The molecule has 0 radical (unpaired) electrons. The van der Waals surface area contributed by atoms with Crippen molar-refractivity contribution in [3.63, 3.8) is 0 Å². The molecule has 5 atom stereocenters. The van der Waals surface area contributed by atoms with Crippen LogP contribution in [0.15, 0.2) is 21.9 Å². The van der Waals surface area contributed by atoms with E-state index >= 15 is 0 Å². The zero-order chi connectivity index (χ0) is 13.1. The highest BCUT2D eigenvalue weighted by Crippen LogP contribution is 2.58. The molecule has 98 valence electrons. The third-order valence-electron chi connectivity index (χ3n) is 3.43. The van der Waals surface area contributed by atoms with Crippen molar-refractivity contribution in [1.29, 1.82) is 0 Å².